The molecule has 2 aliphatic rings. The number of ketones is 1. The van der Waals surface area contributed by atoms with Crippen molar-refractivity contribution in [2.45, 2.75) is 58.0 Å². The van der Waals surface area contributed by atoms with Gasteiger partial charge in [0.2, 0.25) is 11.9 Å². The van der Waals surface area contributed by atoms with Gasteiger partial charge in [-0.05, 0) is 64.2 Å². The second-order valence-electron chi connectivity index (χ2n) is 11.5. The van der Waals surface area contributed by atoms with Crippen LogP contribution in [0.15, 0.2) is 67.3 Å². The number of benzene rings is 3. The number of nitrogens with one attached hydrogen (secondary N) is 1. The number of ether oxygens (including phenoxy) is 1. The molecule has 4 aromatic rings. The van der Waals surface area contributed by atoms with Crippen molar-refractivity contribution in [3.8, 4) is 17.1 Å². The van der Waals surface area contributed by atoms with Crippen LogP contribution in [0, 0.1) is 0 Å². The molecule has 0 atom stereocenters. The van der Waals surface area contributed by atoms with Crippen molar-refractivity contribution < 1.29 is 9.53 Å². The summed E-state index contributed by atoms with van der Waals surface area (Å²) in [6.45, 7) is 13.0. The second kappa shape index (κ2) is 9.19. The molecule has 1 N–H and O–H groups in total. The fourth-order valence-corrected chi connectivity index (χ4v) is 6.35. The Labute approximate surface area is 229 Å². The molecule has 1 aromatic heterocycles. The summed E-state index contributed by atoms with van der Waals surface area (Å²) in [6.07, 6.45) is 4.90. The van der Waals surface area contributed by atoms with E-state index in [9.17, 15) is 4.79 Å². The number of fused-ring (bicyclic) bond motifs is 2. The van der Waals surface area contributed by atoms with Gasteiger partial charge in [-0.3, -0.25) is 4.79 Å². The summed E-state index contributed by atoms with van der Waals surface area (Å²) in [5, 5.41) is 5.30. The lowest BCUT2D eigenvalue weighted by molar-refractivity contribution is 0.104. The molecule has 0 amide bonds. The Morgan fingerprint density at radius 2 is 1.62 bits per heavy atom. The lowest BCUT2D eigenvalue weighted by Crippen LogP contribution is -2.59. The molecule has 2 heterocycles. The van der Waals surface area contributed by atoms with E-state index in [1.54, 1.807) is 6.08 Å². The summed E-state index contributed by atoms with van der Waals surface area (Å²) in [7, 11) is 0. The molecule has 3 aromatic carbocycles. The van der Waals surface area contributed by atoms with Gasteiger partial charge >= 0.3 is 6.01 Å². The van der Waals surface area contributed by atoms with Crippen molar-refractivity contribution in [1.29, 1.82) is 0 Å². The molecule has 0 radical (unpaired) electrons. The first-order valence-electron chi connectivity index (χ1n) is 13.5. The largest absolute Gasteiger partial charge is 0.459 e. The number of carbonyl (C=O) groups is 1. The molecule has 7 heteroatoms. The van der Waals surface area contributed by atoms with E-state index in [0.29, 0.717) is 17.5 Å². The van der Waals surface area contributed by atoms with E-state index in [1.807, 2.05) is 48.5 Å². The van der Waals surface area contributed by atoms with E-state index in [4.69, 9.17) is 14.7 Å². The van der Waals surface area contributed by atoms with Crippen LogP contribution in [-0.4, -0.2) is 38.4 Å². The average Bonchev–Trinajstić information content (AvgIpc) is 2.90. The third kappa shape index (κ3) is 4.22. The number of hydrogen-bond acceptors (Lipinski definition) is 7. The van der Waals surface area contributed by atoms with Crippen molar-refractivity contribution in [3.63, 3.8) is 0 Å². The lowest BCUT2D eigenvalue weighted by Gasteiger charge is -2.52. The fourth-order valence-electron chi connectivity index (χ4n) is 6.35. The predicted molar refractivity (Wildman–Crippen MR) is 156 cm³/mol. The minimum absolute atomic E-state index is 0.0398. The second-order valence-corrected chi connectivity index (χ2v) is 11.5. The number of nitrogens with zero attached hydrogens (tertiary/aromatic N) is 4. The number of hydrogen-bond donors (Lipinski definition) is 1. The van der Waals surface area contributed by atoms with E-state index < -0.39 is 0 Å². The van der Waals surface area contributed by atoms with Gasteiger partial charge in [-0.1, -0.05) is 61.2 Å². The van der Waals surface area contributed by atoms with Crippen LogP contribution in [0.5, 0.6) is 6.01 Å². The van der Waals surface area contributed by atoms with Crippen LogP contribution < -0.4 is 15.0 Å². The van der Waals surface area contributed by atoms with E-state index >= 15 is 0 Å². The van der Waals surface area contributed by atoms with Crippen LogP contribution in [0.25, 0.3) is 21.9 Å². The summed E-state index contributed by atoms with van der Waals surface area (Å²) in [6, 6.07) is 18.0. The van der Waals surface area contributed by atoms with Gasteiger partial charge in [0, 0.05) is 38.7 Å². The van der Waals surface area contributed by atoms with E-state index in [2.05, 4.69) is 55.5 Å². The molecule has 6 rings (SSSR count). The summed E-state index contributed by atoms with van der Waals surface area (Å²) in [4.78, 5) is 29.9. The Balaban J connectivity index is 1.47. The van der Waals surface area contributed by atoms with Crippen molar-refractivity contribution in [2.75, 3.05) is 16.8 Å². The van der Waals surface area contributed by atoms with Gasteiger partial charge in [-0.25, -0.2) is 0 Å². The maximum Gasteiger partial charge on any atom is 0.323 e. The Bertz CT molecular complexity index is 1610. The van der Waals surface area contributed by atoms with Gasteiger partial charge in [0.15, 0.2) is 5.78 Å². The molecule has 0 saturated carbocycles. The third-order valence-electron chi connectivity index (χ3n) is 7.91. The molecular formula is C32H33N5O2. The molecule has 7 nitrogen and oxygen atoms in total. The van der Waals surface area contributed by atoms with Crippen LogP contribution in [0.2, 0.25) is 0 Å². The monoisotopic (exact) mass is 519 g/mol. The minimum Gasteiger partial charge on any atom is -0.459 e. The van der Waals surface area contributed by atoms with Gasteiger partial charge in [-0.2, -0.15) is 15.0 Å². The van der Waals surface area contributed by atoms with Gasteiger partial charge in [0.1, 0.15) is 6.61 Å². The van der Waals surface area contributed by atoms with E-state index in [1.165, 1.54) is 0 Å². The van der Waals surface area contributed by atoms with Crippen molar-refractivity contribution in [3.05, 3.63) is 78.4 Å². The summed E-state index contributed by atoms with van der Waals surface area (Å²) >= 11 is 0. The third-order valence-corrected chi connectivity index (χ3v) is 7.91. The highest BCUT2D eigenvalue weighted by Gasteiger charge is 2.43. The Morgan fingerprint density at radius 1 is 0.897 bits per heavy atom. The first kappa shape index (κ1) is 25.0. The first-order valence-corrected chi connectivity index (χ1v) is 13.5. The normalized spacial score (nSPS) is 17.0. The van der Waals surface area contributed by atoms with Crippen molar-refractivity contribution in [2.24, 2.45) is 0 Å². The smallest absolute Gasteiger partial charge is 0.323 e. The minimum atomic E-state index is -0.135. The molecule has 39 heavy (non-hydrogen) atoms. The quantitative estimate of drug-likeness (QED) is 0.240. The number of aromatic nitrogens is 3. The zero-order chi connectivity index (χ0) is 27.4. The van der Waals surface area contributed by atoms with Crippen LogP contribution >= 0.6 is 0 Å². The number of rotatable bonds is 6. The highest BCUT2D eigenvalue weighted by atomic mass is 16.5. The predicted octanol–water partition coefficient (Wildman–Crippen LogP) is 7.09. The van der Waals surface area contributed by atoms with Crippen LogP contribution in [-0.2, 0) is 0 Å². The average molecular weight is 520 g/mol. The first-order chi connectivity index (χ1) is 18.7. The lowest BCUT2D eigenvalue weighted by atomic mass is 9.80. The van der Waals surface area contributed by atoms with Crippen molar-refractivity contribution >= 4 is 34.1 Å². The summed E-state index contributed by atoms with van der Waals surface area (Å²) in [5.74, 6) is 1.01. The maximum atomic E-state index is 13.4. The van der Waals surface area contributed by atoms with Crippen molar-refractivity contribution in [1.82, 2.24) is 15.0 Å². The Kier molecular flexibility index (Phi) is 5.90. The Hall–Kier alpha value is -4.26. The number of carbonyl (C=O) groups excluding carboxylic acids is 1. The molecule has 1 saturated heterocycles. The molecule has 0 spiro atoms. The van der Waals surface area contributed by atoms with E-state index in [-0.39, 0.29) is 29.5 Å². The zero-order valence-electron chi connectivity index (χ0n) is 22.9. The molecule has 0 unspecified atom stereocenters. The molecule has 1 aliphatic heterocycles. The molecule has 1 aliphatic carbocycles. The zero-order valence-corrected chi connectivity index (χ0v) is 22.9. The van der Waals surface area contributed by atoms with Crippen LogP contribution in [0.3, 0.4) is 0 Å². The van der Waals surface area contributed by atoms with Gasteiger partial charge in [0.05, 0.1) is 0 Å². The van der Waals surface area contributed by atoms with Gasteiger partial charge in [0.25, 0.3) is 0 Å². The molecule has 1 fully saturated rings. The highest BCUT2D eigenvalue weighted by molar-refractivity contribution is 6.27. The standard InChI is InChI=1S/C32H33N5O2/c1-6-19-39-30-35-28(34-29(36-30)37-31(2,3)17-10-18-32(37,4)5)33-25-16-15-21-20-11-7-8-12-22(20)27(38)24-14-9-13-23(25)26(21)24/h6-9,11-16H,1,10,17-19H2,2-5H3,(H,33,34,35,36). The van der Waals surface area contributed by atoms with Gasteiger partial charge in [-0.15, -0.1) is 0 Å². The summed E-state index contributed by atoms with van der Waals surface area (Å²) < 4.78 is 5.82. The van der Waals surface area contributed by atoms with E-state index in [0.717, 1.165) is 52.4 Å². The number of anilines is 3. The highest BCUT2D eigenvalue weighted by Crippen LogP contribution is 2.43. The fraction of sp³-hybridized carbons (Fsp3) is 0.312. The number of piperidine rings is 1. The molecular weight excluding hydrogens is 486 g/mol. The SMILES string of the molecule is C=CCOc1nc(Nc2ccc3c4c(cccc24)C(=O)c2ccccc2-3)nc(N2C(C)(C)CCCC2(C)C)n1. The maximum absolute atomic E-state index is 13.4. The summed E-state index contributed by atoms with van der Waals surface area (Å²) in [5.41, 5.74) is 3.98. The molecule has 198 valence electrons. The van der Waals surface area contributed by atoms with Crippen LogP contribution in [0.1, 0.15) is 62.9 Å². The topological polar surface area (TPSA) is 80.2 Å². The Morgan fingerprint density at radius 3 is 2.36 bits per heavy atom. The van der Waals surface area contributed by atoms with Crippen LogP contribution in [0.4, 0.5) is 17.6 Å². The van der Waals surface area contributed by atoms with Gasteiger partial charge < -0.3 is 15.0 Å². The molecule has 0 bridgehead atoms.